The zero-order chi connectivity index (χ0) is 22.0. The molecule has 0 spiro atoms. The second-order valence-corrected chi connectivity index (χ2v) is 7.69. The molecule has 1 saturated heterocycles. The van der Waals surface area contributed by atoms with Gasteiger partial charge < -0.3 is 9.64 Å². The first-order chi connectivity index (χ1) is 14.8. The van der Waals surface area contributed by atoms with E-state index in [4.69, 9.17) is 5.10 Å². The lowest BCUT2D eigenvalue weighted by molar-refractivity contribution is -0.275. The predicted molar refractivity (Wildman–Crippen MR) is 114 cm³/mol. The van der Waals surface area contributed by atoms with Crippen molar-refractivity contribution in [1.82, 2.24) is 14.7 Å². The first-order valence-corrected chi connectivity index (χ1v) is 10.2. The van der Waals surface area contributed by atoms with Crippen LogP contribution in [-0.2, 0) is 6.54 Å². The minimum atomic E-state index is -4.69. The summed E-state index contributed by atoms with van der Waals surface area (Å²) in [7, 11) is 0. The average Bonchev–Trinajstić information content (AvgIpc) is 3.04. The summed E-state index contributed by atoms with van der Waals surface area (Å²) in [6.07, 6.45) is -4.69. The largest absolute Gasteiger partial charge is 0.573 e. The topological polar surface area (TPSA) is 33.5 Å². The summed E-state index contributed by atoms with van der Waals surface area (Å²) in [5.74, 6) is -0.131. The number of ether oxygens (including phenoxy) is 1. The number of halogens is 3. The molecule has 1 aliphatic rings. The molecule has 31 heavy (non-hydrogen) atoms. The second kappa shape index (κ2) is 8.63. The predicted octanol–water partition coefficient (Wildman–Crippen LogP) is 4.71. The molecule has 0 bridgehead atoms. The zero-order valence-electron chi connectivity index (χ0n) is 17.6. The van der Waals surface area contributed by atoms with Crippen molar-refractivity contribution >= 4 is 5.69 Å². The van der Waals surface area contributed by atoms with Crippen molar-refractivity contribution in [2.75, 3.05) is 31.1 Å². The van der Waals surface area contributed by atoms with Crippen molar-refractivity contribution < 1.29 is 17.9 Å². The van der Waals surface area contributed by atoms with E-state index in [1.54, 1.807) is 18.2 Å². The Bertz CT molecular complexity index is 1030. The smallest absolute Gasteiger partial charge is 0.405 e. The molecular formula is C23H25F3N4O. The second-order valence-electron chi connectivity index (χ2n) is 7.69. The molecule has 5 nitrogen and oxygen atoms in total. The number of hydrogen-bond donors (Lipinski definition) is 0. The van der Waals surface area contributed by atoms with Crippen molar-refractivity contribution in [3.8, 4) is 11.4 Å². The molecule has 1 fully saturated rings. The fourth-order valence-corrected chi connectivity index (χ4v) is 4.14. The van der Waals surface area contributed by atoms with E-state index in [9.17, 15) is 13.2 Å². The number of piperazine rings is 1. The van der Waals surface area contributed by atoms with Crippen molar-refractivity contribution in [2.24, 2.45) is 0 Å². The molecule has 1 aromatic heterocycles. The number of benzene rings is 2. The van der Waals surface area contributed by atoms with Crippen LogP contribution in [0.4, 0.5) is 18.9 Å². The van der Waals surface area contributed by atoms with Gasteiger partial charge in [-0.05, 0) is 32.0 Å². The van der Waals surface area contributed by atoms with Gasteiger partial charge in [0.15, 0.2) is 0 Å². The van der Waals surface area contributed by atoms with Gasteiger partial charge in [0.05, 0.1) is 22.8 Å². The van der Waals surface area contributed by atoms with Crippen LogP contribution in [0.1, 0.15) is 17.0 Å². The van der Waals surface area contributed by atoms with Gasteiger partial charge in [-0.1, -0.05) is 36.4 Å². The number of aromatic nitrogens is 2. The molecule has 2 aromatic carbocycles. The van der Waals surface area contributed by atoms with Gasteiger partial charge in [-0.3, -0.25) is 4.90 Å². The van der Waals surface area contributed by atoms with E-state index in [-0.39, 0.29) is 5.75 Å². The molecule has 1 aliphatic heterocycles. The van der Waals surface area contributed by atoms with Crippen molar-refractivity contribution in [3.05, 3.63) is 71.5 Å². The molecular weight excluding hydrogens is 405 g/mol. The standard InChI is InChI=1S/C23H25F3N4O/c1-17-22(18(2)30(27-17)20-9-4-3-5-10-20)29-14-12-28(13-15-29)16-19-8-6-7-11-21(19)31-23(24,25)26/h3-11H,12-16H2,1-2H3. The maximum Gasteiger partial charge on any atom is 0.573 e. The van der Waals surface area contributed by atoms with Gasteiger partial charge in [-0.15, -0.1) is 13.2 Å². The Hall–Kier alpha value is -3.00. The number of anilines is 1. The molecule has 0 amide bonds. The average molecular weight is 430 g/mol. The molecule has 4 rings (SSSR count). The van der Waals surface area contributed by atoms with E-state index < -0.39 is 6.36 Å². The highest BCUT2D eigenvalue weighted by Crippen LogP contribution is 2.30. The molecule has 0 unspecified atom stereocenters. The van der Waals surface area contributed by atoms with Crippen molar-refractivity contribution in [3.63, 3.8) is 0 Å². The van der Waals surface area contributed by atoms with E-state index in [0.29, 0.717) is 12.1 Å². The summed E-state index contributed by atoms with van der Waals surface area (Å²) in [6.45, 7) is 7.56. The van der Waals surface area contributed by atoms with Crippen LogP contribution >= 0.6 is 0 Å². The lowest BCUT2D eigenvalue weighted by Crippen LogP contribution is -2.46. The highest BCUT2D eigenvalue weighted by Gasteiger charge is 2.32. The minimum absolute atomic E-state index is 0.131. The van der Waals surface area contributed by atoms with Gasteiger partial charge in [0, 0.05) is 38.3 Å². The molecule has 0 aliphatic carbocycles. The molecule has 2 heterocycles. The van der Waals surface area contributed by atoms with Gasteiger partial charge in [0.2, 0.25) is 0 Å². The molecule has 3 aromatic rings. The SMILES string of the molecule is Cc1nn(-c2ccccc2)c(C)c1N1CCN(Cc2ccccc2OC(F)(F)F)CC1. The van der Waals surface area contributed by atoms with Crippen LogP contribution in [0.25, 0.3) is 5.69 Å². The Morgan fingerprint density at radius 3 is 2.23 bits per heavy atom. The summed E-state index contributed by atoms with van der Waals surface area (Å²) < 4.78 is 44.2. The first kappa shape index (κ1) is 21.2. The van der Waals surface area contributed by atoms with Gasteiger partial charge in [0.1, 0.15) is 5.75 Å². The van der Waals surface area contributed by atoms with Gasteiger partial charge in [-0.25, -0.2) is 4.68 Å². The normalized spacial score (nSPS) is 15.3. The van der Waals surface area contributed by atoms with Crippen LogP contribution in [0.5, 0.6) is 5.75 Å². The maximum absolute atomic E-state index is 12.7. The quantitative estimate of drug-likeness (QED) is 0.587. The summed E-state index contributed by atoms with van der Waals surface area (Å²) >= 11 is 0. The summed E-state index contributed by atoms with van der Waals surface area (Å²) in [6, 6.07) is 16.4. The summed E-state index contributed by atoms with van der Waals surface area (Å²) in [5, 5.41) is 4.73. The summed E-state index contributed by atoms with van der Waals surface area (Å²) in [4.78, 5) is 4.47. The Morgan fingerprint density at radius 1 is 0.903 bits per heavy atom. The molecule has 8 heteroatoms. The van der Waals surface area contributed by atoms with Crippen LogP contribution in [0.3, 0.4) is 0 Å². The third-order valence-corrected chi connectivity index (χ3v) is 5.53. The van der Waals surface area contributed by atoms with E-state index in [2.05, 4.69) is 21.5 Å². The van der Waals surface area contributed by atoms with E-state index in [0.717, 1.165) is 48.9 Å². The monoisotopic (exact) mass is 430 g/mol. The zero-order valence-corrected chi connectivity index (χ0v) is 17.6. The van der Waals surface area contributed by atoms with Gasteiger partial charge in [-0.2, -0.15) is 5.10 Å². The Labute approximate surface area is 179 Å². The minimum Gasteiger partial charge on any atom is -0.405 e. The molecule has 0 radical (unpaired) electrons. The number of aryl methyl sites for hydroxylation is 1. The van der Waals surface area contributed by atoms with Crippen molar-refractivity contribution in [2.45, 2.75) is 26.8 Å². The Balaban J connectivity index is 1.44. The fraction of sp³-hybridized carbons (Fsp3) is 0.348. The van der Waals surface area contributed by atoms with Gasteiger partial charge >= 0.3 is 6.36 Å². The highest BCUT2D eigenvalue weighted by molar-refractivity contribution is 5.57. The fourth-order valence-electron chi connectivity index (χ4n) is 4.14. The number of nitrogens with zero attached hydrogens (tertiary/aromatic N) is 4. The summed E-state index contributed by atoms with van der Waals surface area (Å²) in [5.41, 5.74) is 4.75. The molecule has 0 saturated carbocycles. The molecule has 164 valence electrons. The van der Waals surface area contributed by atoms with Crippen LogP contribution < -0.4 is 9.64 Å². The van der Waals surface area contributed by atoms with Crippen LogP contribution in [0.2, 0.25) is 0 Å². The lowest BCUT2D eigenvalue weighted by atomic mass is 10.1. The Morgan fingerprint density at radius 2 is 1.55 bits per heavy atom. The van der Waals surface area contributed by atoms with Crippen LogP contribution in [0, 0.1) is 13.8 Å². The molecule has 0 atom stereocenters. The van der Waals surface area contributed by atoms with Crippen molar-refractivity contribution in [1.29, 1.82) is 0 Å². The number of rotatable bonds is 5. The van der Waals surface area contributed by atoms with E-state index in [1.165, 1.54) is 6.07 Å². The highest BCUT2D eigenvalue weighted by atomic mass is 19.4. The third kappa shape index (κ3) is 4.85. The van der Waals surface area contributed by atoms with E-state index >= 15 is 0 Å². The van der Waals surface area contributed by atoms with Crippen LogP contribution in [-0.4, -0.2) is 47.2 Å². The lowest BCUT2D eigenvalue weighted by Gasteiger charge is -2.36. The van der Waals surface area contributed by atoms with Gasteiger partial charge in [0.25, 0.3) is 0 Å². The molecule has 0 N–H and O–H groups in total. The number of hydrogen-bond acceptors (Lipinski definition) is 4. The number of alkyl halides is 3. The Kier molecular flexibility index (Phi) is 5.91. The third-order valence-electron chi connectivity index (χ3n) is 5.53. The van der Waals surface area contributed by atoms with Crippen LogP contribution in [0.15, 0.2) is 54.6 Å². The van der Waals surface area contributed by atoms with E-state index in [1.807, 2.05) is 41.9 Å². The maximum atomic E-state index is 12.7. The number of para-hydroxylation sites is 2. The first-order valence-electron chi connectivity index (χ1n) is 10.2.